The minimum Gasteiger partial charge on any atom is -0.478 e. The van der Waals surface area contributed by atoms with Gasteiger partial charge in [0.05, 0.1) is 16.8 Å². The van der Waals surface area contributed by atoms with Gasteiger partial charge in [0.15, 0.2) is 0 Å². The molecule has 2 aromatic carbocycles. The maximum atomic E-state index is 11.7. The van der Waals surface area contributed by atoms with Gasteiger partial charge in [0.25, 0.3) is 0 Å². The van der Waals surface area contributed by atoms with Gasteiger partial charge >= 0.3 is 5.97 Å². The van der Waals surface area contributed by atoms with Gasteiger partial charge in [-0.2, -0.15) is 10.5 Å². The maximum absolute atomic E-state index is 11.7. The van der Waals surface area contributed by atoms with Crippen LogP contribution in [0.3, 0.4) is 0 Å². The summed E-state index contributed by atoms with van der Waals surface area (Å²) in [6.45, 7) is 0. The lowest BCUT2D eigenvalue weighted by Gasteiger charge is -2.08. The molecule has 0 saturated heterocycles. The second kappa shape index (κ2) is 7.98. The van der Waals surface area contributed by atoms with Crippen molar-refractivity contribution in [3.05, 3.63) is 71.1 Å². The van der Waals surface area contributed by atoms with Gasteiger partial charge in [-0.1, -0.05) is 23.7 Å². The van der Waals surface area contributed by atoms with Crippen LogP contribution in [-0.4, -0.2) is 36.7 Å². The number of carboxylic acid groups (broad SMARTS) is 1. The molecule has 0 atom stereocenters. The van der Waals surface area contributed by atoms with E-state index in [9.17, 15) is 15.2 Å². The molecule has 0 saturated carbocycles. The summed E-state index contributed by atoms with van der Waals surface area (Å²) in [6.07, 6.45) is 1.47. The van der Waals surface area contributed by atoms with Crippen molar-refractivity contribution in [1.29, 1.82) is 5.26 Å². The van der Waals surface area contributed by atoms with E-state index in [1.54, 1.807) is 42.5 Å². The maximum Gasteiger partial charge on any atom is 0.336 e. The number of allylic oxidation sites excluding steroid dienone is 1. The summed E-state index contributed by atoms with van der Waals surface area (Å²) in [5.74, 6) is -0.872. The molecule has 4 rings (SSSR count). The van der Waals surface area contributed by atoms with Crippen molar-refractivity contribution < 1.29 is 9.90 Å². The van der Waals surface area contributed by atoms with Gasteiger partial charge in [-0.05, 0) is 41.6 Å². The zero-order valence-corrected chi connectivity index (χ0v) is 15.9. The van der Waals surface area contributed by atoms with Gasteiger partial charge < -0.3 is 10.4 Å². The van der Waals surface area contributed by atoms with Crippen LogP contribution in [0.1, 0.15) is 16.2 Å². The molecule has 0 aliphatic heterocycles. The summed E-state index contributed by atoms with van der Waals surface area (Å²) in [5, 5.41) is 35.9. The number of nitrogens with zero attached hydrogens (tertiary/aromatic N) is 5. The molecule has 0 bridgehead atoms. The molecule has 0 aliphatic carbocycles. The highest BCUT2D eigenvalue weighted by Gasteiger charge is 2.13. The Morgan fingerprint density at radius 3 is 2.67 bits per heavy atom. The molecule has 0 radical (unpaired) electrons. The number of rotatable bonds is 5. The minimum atomic E-state index is -1.06. The van der Waals surface area contributed by atoms with Crippen LogP contribution in [0.15, 0.2) is 54.7 Å². The molecule has 4 aromatic rings. The number of hydrogen-bond acceptors (Lipinski definition) is 7. The van der Waals surface area contributed by atoms with Gasteiger partial charge in [0.1, 0.15) is 11.6 Å². The third kappa shape index (κ3) is 3.80. The largest absolute Gasteiger partial charge is 0.478 e. The van der Waals surface area contributed by atoms with Crippen LogP contribution >= 0.6 is 11.6 Å². The van der Waals surface area contributed by atoms with Crippen LogP contribution in [0.5, 0.6) is 0 Å². The number of aromatic nitrogens is 5. The van der Waals surface area contributed by atoms with E-state index >= 15 is 0 Å². The van der Waals surface area contributed by atoms with E-state index < -0.39 is 5.97 Å². The highest BCUT2D eigenvalue weighted by atomic mass is 35.5. The Balaban J connectivity index is 1.64. The SMILES string of the molecule is N#CC(=CNc1ccc(-c2cc(C(=O)O)c3cc(Cl)ccc3n2)cc1)c1nn[nH]n1. The predicted molar refractivity (Wildman–Crippen MR) is 111 cm³/mol. The summed E-state index contributed by atoms with van der Waals surface area (Å²) in [5.41, 5.74) is 2.85. The lowest BCUT2D eigenvalue weighted by atomic mass is 10.0. The van der Waals surface area contributed by atoms with E-state index in [-0.39, 0.29) is 17.0 Å². The number of nitriles is 1. The van der Waals surface area contributed by atoms with Crippen LogP contribution in [-0.2, 0) is 0 Å². The Morgan fingerprint density at radius 1 is 1.20 bits per heavy atom. The quantitative estimate of drug-likeness (QED) is 0.417. The molecule has 146 valence electrons. The first-order chi connectivity index (χ1) is 14.5. The zero-order chi connectivity index (χ0) is 21.1. The number of aromatic carboxylic acids is 1. The normalized spacial score (nSPS) is 11.3. The number of nitrogens with one attached hydrogen (secondary N) is 2. The van der Waals surface area contributed by atoms with E-state index in [0.29, 0.717) is 27.3 Å². The van der Waals surface area contributed by atoms with E-state index in [0.717, 1.165) is 5.56 Å². The van der Waals surface area contributed by atoms with Crippen molar-refractivity contribution in [3.63, 3.8) is 0 Å². The lowest BCUT2D eigenvalue weighted by Crippen LogP contribution is -2.00. The summed E-state index contributed by atoms with van der Waals surface area (Å²) in [6, 6.07) is 15.6. The standard InChI is InChI=1S/C20H12ClN7O2/c21-13-3-6-17-15(7-13)16(20(29)30)8-18(24-17)11-1-4-14(5-2-11)23-10-12(9-22)19-25-27-28-26-19/h1-8,10,23H,(H,29,30)(H,25,26,27,28). The number of hydrogen-bond donors (Lipinski definition) is 3. The average molecular weight is 418 g/mol. The first kappa shape index (κ1) is 19.0. The number of carbonyl (C=O) groups is 1. The molecule has 2 heterocycles. The molecule has 10 heteroatoms. The Kier molecular flexibility index (Phi) is 5.07. The fourth-order valence-corrected chi connectivity index (χ4v) is 3.01. The number of pyridine rings is 1. The topological polar surface area (TPSA) is 140 Å². The van der Waals surface area contributed by atoms with Crippen molar-refractivity contribution in [2.45, 2.75) is 0 Å². The second-order valence-corrected chi connectivity index (χ2v) is 6.59. The average Bonchev–Trinajstić information content (AvgIpc) is 3.28. The van der Waals surface area contributed by atoms with E-state index in [2.05, 4.69) is 30.9 Å². The van der Waals surface area contributed by atoms with Crippen LogP contribution in [0.25, 0.3) is 27.7 Å². The van der Waals surface area contributed by atoms with Crippen molar-refractivity contribution in [2.24, 2.45) is 0 Å². The van der Waals surface area contributed by atoms with Gasteiger partial charge in [-0.25, -0.2) is 9.78 Å². The number of carboxylic acids is 1. The number of aromatic amines is 1. The highest BCUT2D eigenvalue weighted by Crippen LogP contribution is 2.28. The molecular weight excluding hydrogens is 406 g/mol. The molecule has 9 nitrogen and oxygen atoms in total. The van der Waals surface area contributed by atoms with E-state index in [4.69, 9.17) is 11.6 Å². The van der Waals surface area contributed by atoms with Gasteiger partial charge in [-0.15, -0.1) is 10.2 Å². The third-order valence-corrected chi connectivity index (χ3v) is 4.51. The van der Waals surface area contributed by atoms with Crippen LogP contribution < -0.4 is 5.32 Å². The van der Waals surface area contributed by atoms with E-state index in [1.807, 2.05) is 6.07 Å². The number of anilines is 1. The van der Waals surface area contributed by atoms with Crippen LogP contribution in [0, 0.1) is 11.3 Å². The molecule has 2 aromatic heterocycles. The summed E-state index contributed by atoms with van der Waals surface area (Å²) in [7, 11) is 0. The molecule has 0 amide bonds. The Hall–Kier alpha value is -4.29. The van der Waals surface area contributed by atoms with Crippen molar-refractivity contribution in [1.82, 2.24) is 25.6 Å². The Bertz CT molecular complexity index is 1310. The number of halogens is 1. The summed E-state index contributed by atoms with van der Waals surface area (Å²) < 4.78 is 0. The predicted octanol–water partition coefficient (Wildman–Crippen LogP) is 3.74. The fraction of sp³-hybridized carbons (Fsp3) is 0. The summed E-state index contributed by atoms with van der Waals surface area (Å²) >= 11 is 6.00. The number of H-pyrrole nitrogens is 1. The molecule has 30 heavy (non-hydrogen) atoms. The van der Waals surface area contributed by atoms with Gasteiger partial charge in [0, 0.05) is 27.9 Å². The van der Waals surface area contributed by atoms with Crippen molar-refractivity contribution in [3.8, 4) is 17.3 Å². The highest BCUT2D eigenvalue weighted by molar-refractivity contribution is 6.31. The molecular formula is C20H12ClN7O2. The van der Waals surface area contributed by atoms with Crippen LogP contribution in [0.2, 0.25) is 5.02 Å². The van der Waals surface area contributed by atoms with Crippen molar-refractivity contribution >= 4 is 39.7 Å². The van der Waals surface area contributed by atoms with Crippen LogP contribution in [0.4, 0.5) is 5.69 Å². The first-order valence-corrected chi connectivity index (χ1v) is 8.97. The van der Waals surface area contributed by atoms with Crippen molar-refractivity contribution in [2.75, 3.05) is 5.32 Å². The smallest absolute Gasteiger partial charge is 0.336 e. The minimum absolute atomic E-state index is 0.126. The lowest BCUT2D eigenvalue weighted by molar-refractivity contribution is 0.0699. The molecule has 0 unspecified atom stereocenters. The van der Waals surface area contributed by atoms with Gasteiger partial charge in [-0.3, -0.25) is 0 Å². The Morgan fingerprint density at radius 2 is 2.00 bits per heavy atom. The Labute approximate surface area is 174 Å². The third-order valence-electron chi connectivity index (χ3n) is 4.27. The zero-order valence-electron chi connectivity index (χ0n) is 15.2. The summed E-state index contributed by atoms with van der Waals surface area (Å²) in [4.78, 5) is 16.3. The first-order valence-electron chi connectivity index (χ1n) is 8.60. The van der Waals surface area contributed by atoms with E-state index in [1.165, 1.54) is 12.3 Å². The molecule has 0 fully saturated rings. The number of benzene rings is 2. The fourth-order valence-electron chi connectivity index (χ4n) is 2.84. The molecule has 0 aliphatic rings. The number of fused-ring (bicyclic) bond motifs is 1. The molecule has 0 spiro atoms. The van der Waals surface area contributed by atoms with Gasteiger partial charge in [0.2, 0.25) is 5.82 Å². The monoisotopic (exact) mass is 417 g/mol. The number of tetrazole rings is 1. The molecule has 3 N–H and O–H groups in total. The second-order valence-electron chi connectivity index (χ2n) is 6.15.